The fourth-order valence-electron chi connectivity index (χ4n) is 2.58. The van der Waals surface area contributed by atoms with E-state index in [1.807, 2.05) is 24.3 Å². The molecule has 32 heavy (non-hydrogen) atoms. The lowest BCUT2D eigenvalue weighted by atomic mass is 10.2. The number of anilines is 1. The van der Waals surface area contributed by atoms with Crippen LogP contribution >= 0.6 is 22.6 Å². The molecule has 0 saturated carbocycles. The van der Waals surface area contributed by atoms with Gasteiger partial charge in [0.2, 0.25) is 0 Å². The van der Waals surface area contributed by atoms with Crippen molar-refractivity contribution in [3.63, 3.8) is 0 Å². The highest BCUT2D eigenvalue weighted by molar-refractivity contribution is 14.1. The zero-order chi connectivity index (χ0) is 22.9. The molecule has 9 nitrogen and oxygen atoms in total. The van der Waals surface area contributed by atoms with E-state index < -0.39 is 10.8 Å². The maximum absolute atomic E-state index is 12.1. The van der Waals surface area contributed by atoms with E-state index in [0.29, 0.717) is 17.0 Å². The van der Waals surface area contributed by atoms with Crippen molar-refractivity contribution in [2.24, 2.45) is 5.10 Å². The number of ether oxygens (including phenoxy) is 1. The van der Waals surface area contributed by atoms with Gasteiger partial charge in [-0.25, -0.2) is 5.43 Å². The quantitative estimate of drug-likeness (QED) is 0.192. The Morgan fingerprint density at radius 2 is 1.72 bits per heavy atom. The van der Waals surface area contributed by atoms with Crippen molar-refractivity contribution in [3.05, 3.63) is 97.6 Å². The third-order valence-electron chi connectivity index (χ3n) is 4.10. The van der Waals surface area contributed by atoms with Gasteiger partial charge >= 0.3 is 0 Å². The second-order valence-electron chi connectivity index (χ2n) is 6.39. The number of para-hydroxylation sites is 1. The Hall–Kier alpha value is -3.80. The monoisotopic (exact) mass is 544 g/mol. The number of benzene rings is 3. The van der Waals surface area contributed by atoms with Crippen LogP contribution in [-0.2, 0) is 4.79 Å². The van der Waals surface area contributed by atoms with Gasteiger partial charge in [0.25, 0.3) is 17.5 Å². The molecule has 10 heteroatoms. The molecular formula is C22H17IN4O5. The van der Waals surface area contributed by atoms with E-state index in [-0.39, 0.29) is 23.8 Å². The highest BCUT2D eigenvalue weighted by atomic mass is 127. The molecular weight excluding hydrogens is 527 g/mol. The van der Waals surface area contributed by atoms with E-state index in [2.05, 4.69) is 38.4 Å². The fourth-order valence-corrected chi connectivity index (χ4v) is 2.94. The summed E-state index contributed by atoms with van der Waals surface area (Å²) in [4.78, 5) is 34.5. The van der Waals surface area contributed by atoms with Crippen molar-refractivity contribution in [3.8, 4) is 5.75 Å². The largest absolute Gasteiger partial charge is 0.484 e. The standard InChI is InChI=1S/C22H17IN4O5/c23-16-7-9-17(10-8-16)25-21(28)14-32-18-11-5-15(6-12-18)13-24-26-22(29)19-3-1-2-4-20(19)27(30)31/h1-13H,14H2,(H,25,28)(H,26,29)/b24-13-. The lowest BCUT2D eigenvalue weighted by Gasteiger charge is -2.08. The number of hydrazone groups is 1. The summed E-state index contributed by atoms with van der Waals surface area (Å²) in [6.07, 6.45) is 1.39. The van der Waals surface area contributed by atoms with Crippen molar-refractivity contribution >= 4 is 52.0 Å². The molecule has 0 atom stereocenters. The molecule has 3 rings (SSSR count). The van der Waals surface area contributed by atoms with Crippen molar-refractivity contribution in [1.82, 2.24) is 5.43 Å². The van der Waals surface area contributed by atoms with Gasteiger partial charge in [0, 0.05) is 15.3 Å². The molecule has 3 aromatic rings. The Morgan fingerprint density at radius 3 is 2.41 bits per heavy atom. The lowest BCUT2D eigenvalue weighted by molar-refractivity contribution is -0.385. The minimum Gasteiger partial charge on any atom is -0.484 e. The van der Waals surface area contributed by atoms with Crippen LogP contribution in [0.2, 0.25) is 0 Å². The Labute approximate surface area is 196 Å². The summed E-state index contributed by atoms with van der Waals surface area (Å²) in [5.41, 5.74) is 3.23. The first-order valence-electron chi connectivity index (χ1n) is 9.27. The van der Waals surface area contributed by atoms with Crippen molar-refractivity contribution in [2.45, 2.75) is 0 Å². The predicted octanol–water partition coefficient (Wildman–Crippen LogP) is 3.98. The molecule has 0 saturated heterocycles. The number of carbonyl (C=O) groups excluding carboxylic acids is 2. The molecule has 0 fully saturated rings. The summed E-state index contributed by atoms with van der Waals surface area (Å²) < 4.78 is 6.53. The first kappa shape index (κ1) is 22.9. The number of nitro groups is 1. The van der Waals surface area contributed by atoms with E-state index in [4.69, 9.17) is 4.74 Å². The number of rotatable bonds is 8. The zero-order valence-corrected chi connectivity index (χ0v) is 18.7. The average Bonchev–Trinajstić information content (AvgIpc) is 2.80. The number of hydrogen-bond donors (Lipinski definition) is 2. The van der Waals surface area contributed by atoms with E-state index in [1.54, 1.807) is 24.3 Å². The van der Waals surface area contributed by atoms with Crippen LogP contribution in [0.4, 0.5) is 11.4 Å². The Morgan fingerprint density at radius 1 is 1.03 bits per heavy atom. The number of nitrogens with one attached hydrogen (secondary N) is 2. The normalized spacial score (nSPS) is 10.5. The molecule has 0 spiro atoms. The van der Waals surface area contributed by atoms with Crippen LogP contribution in [0, 0.1) is 13.7 Å². The van der Waals surface area contributed by atoms with Crippen LogP contribution in [0.1, 0.15) is 15.9 Å². The second-order valence-corrected chi connectivity index (χ2v) is 7.63. The minimum absolute atomic E-state index is 0.0816. The van der Waals surface area contributed by atoms with Gasteiger partial charge in [-0.15, -0.1) is 0 Å². The van der Waals surface area contributed by atoms with Gasteiger partial charge in [0.05, 0.1) is 11.1 Å². The van der Waals surface area contributed by atoms with Crippen LogP contribution < -0.4 is 15.5 Å². The van der Waals surface area contributed by atoms with Gasteiger partial charge in [-0.2, -0.15) is 5.10 Å². The van der Waals surface area contributed by atoms with Crippen LogP contribution in [-0.4, -0.2) is 29.6 Å². The van der Waals surface area contributed by atoms with Crippen molar-refractivity contribution < 1.29 is 19.2 Å². The minimum atomic E-state index is -0.687. The smallest absolute Gasteiger partial charge is 0.282 e. The first-order chi connectivity index (χ1) is 15.4. The van der Waals surface area contributed by atoms with Gasteiger partial charge in [-0.05, 0) is 82.8 Å². The topological polar surface area (TPSA) is 123 Å². The highest BCUT2D eigenvalue weighted by Gasteiger charge is 2.18. The molecule has 3 aromatic carbocycles. The molecule has 0 aromatic heterocycles. The van der Waals surface area contributed by atoms with Crippen LogP contribution in [0.15, 0.2) is 77.9 Å². The summed E-state index contributed by atoms with van der Waals surface area (Å²) in [6.45, 7) is -0.147. The van der Waals surface area contributed by atoms with Crippen LogP contribution in [0.3, 0.4) is 0 Å². The molecule has 0 radical (unpaired) electrons. The van der Waals surface area contributed by atoms with Gasteiger partial charge < -0.3 is 10.1 Å². The number of hydrogen-bond acceptors (Lipinski definition) is 6. The van der Waals surface area contributed by atoms with Crippen LogP contribution in [0.5, 0.6) is 5.75 Å². The maximum Gasteiger partial charge on any atom is 0.282 e. The van der Waals surface area contributed by atoms with Crippen molar-refractivity contribution in [2.75, 3.05) is 11.9 Å². The molecule has 0 aliphatic heterocycles. The molecule has 162 valence electrons. The summed E-state index contributed by atoms with van der Waals surface area (Å²) >= 11 is 2.18. The lowest BCUT2D eigenvalue weighted by Crippen LogP contribution is -2.20. The van der Waals surface area contributed by atoms with E-state index in [0.717, 1.165) is 3.57 Å². The highest BCUT2D eigenvalue weighted by Crippen LogP contribution is 2.17. The second kappa shape index (κ2) is 11.0. The molecule has 0 unspecified atom stereocenters. The Kier molecular flexibility index (Phi) is 7.86. The Balaban J connectivity index is 1.49. The van der Waals surface area contributed by atoms with Crippen LogP contribution in [0.25, 0.3) is 0 Å². The van der Waals surface area contributed by atoms with Gasteiger partial charge in [-0.3, -0.25) is 19.7 Å². The third kappa shape index (κ3) is 6.60. The Bertz CT molecular complexity index is 1150. The molecule has 2 amide bonds. The average molecular weight is 544 g/mol. The zero-order valence-electron chi connectivity index (χ0n) is 16.5. The molecule has 0 aliphatic carbocycles. The number of carbonyl (C=O) groups is 2. The summed E-state index contributed by atoms with van der Waals surface area (Å²) in [5, 5.41) is 17.6. The van der Waals surface area contributed by atoms with Gasteiger partial charge in [-0.1, -0.05) is 12.1 Å². The molecule has 0 heterocycles. The SMILES string of the molecule is O=C(COc1ccc(/C=N\NC(=O)c2ccccc2[N+](=O)[O-])cc1)Nc1ccc(I)cc1. The van der Waals surface area contributed by atoms with E-state index >= 15 is 0 Å². The fraction of sp³-hybridized carbons (Fsp3) is 0.0455. The summed E-state index contributed by atoms with van der Waals surface area (Å²) in [7, 11) is 0. The number of nitro benzene ring substituents is 1. The predicted molar refractivity (Wildman–Crippen MR) is 128 cm³/mol. The molecule has 2 N–H and O–H groups in total. The van der Waals surface area contributed by atoms with E-state index in [1.165, 1.54) is 30.5 Å². The van der Waals surface area contributed by atoms with Gasteiger partial charge in [0.1, 0.15) is 11.3 Å². The van der Waals surface area contributed by atoms with Crippen molar-refractivity contribution in [1.29, 1.82) is 0 Å². The number of halogens is 1. The number of nitrogens with zero attached hydrogens (tertiary/aromatic N) is 2. The molecule has 0 bridgehead atoms. The summed E-state index contributed by atoms with van der Waals surface area (Å²) in [5.74, 6) is -0.480. The third-order valence-corrected chi connectivity index (χ3v) is 4.82. The van der Waals surface area contributed by atoms with E-state index in [9.17, 15) is 19.7 Å². The number of amides is 2. The molecule has 0 aliphatic rings. The maximum atomic E-state index is 12.1. The summed E-state index contributed by atoms with van der Waals surface area (Å²) in [6, 6.07) is 19.7. The first-order valence-corrected chi connectivity index (χ1v) is 10.4. The van der Waals surface area contributed by atoms with Gasteiger partial charge in [0.15, 0.2) is 6.61 Å².